The summed E-state index contributed by atoms with van der Waals surface area (Å²) < 4.78 is 0. The Hall–Kier alpha value is -1.64. The molecule has 0 saturated carbocycles. The van der Waals surface area contributed by atoms with Crippen LogP contribution < -0.4 is 5.32 Å². The van der Waals surface area contributed by atoms with Gasteiger partial charge in [0.1, 0.15) is 0 Å². The first kappa shape index (κ1) is 12.4. The molecular formula is C13H18N2O. The molecule has 0 fully saturated rings. The fourth-order valence-electron chi connectivity index (χ4n) is 1.11. The first-order valence-corrected chi connectivity index (χ1v) is 5.44. The second-order valence-electron chi connectivity index (χ2n) is 4.35. The standard InChI is InChI=1S/C13H18N2O/c1-4-13(2,3)15-12(16)8-7-11-6-5-9-14-10-11/h5-10H,4H2,1-3H3,(H,15,16)/b8-7+. The number of nitrogens with one attached hydrogen (secondary N) is 1. The number of carbonyl (C=O) groups excluding carboxylic acids is 1. The summed E-state index contributed by atoms with van der Waals surface area (Å²) in [6.45, 7) is 6.05. The van der Waals surface area contributed by atoms with Crippen LogP contribution in [-0.4, -0.2) is 16.4 Å². The van der Waals surface area contributed by atoms with Crippen LogP contribution in [0.1, 0.15) is 32.8 Å². The van der Waals surface area contributed by atoms with E-state index in [1.54, 1.807) is 18.5 Å². The third-order valence-electron chi connectivity index (χ3n) is 2.46. The van der Waals surface area contributed by atoms with Crippen molar-refractivity contribution in [3.63, 3.8) is 0 Å². The van der Waals surface area contributed by atoms with Gasteiger partial charge in [0.05, 0.1) is 0 Å². The second-order valence-corrected chi connectivity index (χ2v) is 4.35. The van der Waals surface area contributed by atoms with Gasteiger partial charge in [0, 0.05) is 24.0 Å². The molecule has 1 N–H and O–H groups in total. The fraction of sp³-hybridized carbons (Fsp3) is 0.385. The Labute approximate surface area is 96.6 Å². The van der Waals surface area contributed by atoms with Crippen molar-refractivity contribution in [3.05, 3.63) is 36.2 Å². The lowest BCUT2D eigenvalue weighted by Gasteiger charge is -2.23. The van der Waals surface area contributed by atoms with Gasteiger partial charge in [-0.15, -0.1) is 0 Å². The van der Waals surface area contributed by atoms with Gasteiger partial charge in [-0.1, -0.05) is 13.0 Å². The molecule has 1 aromatic rings. The van der Waals surface area contributed by atoms with E-state index in [4.69, 9.17) is 0 Å². The molecule has 16 heavy (non-hydrogen) atoms. The number of amides is 1. The highest BCUT2D eigenvalue weighted by Gasteiger charge is 2.15. The summed E-state index contributed by atoms with van der Waals surface area (Å²) in [5, 5.41) is 2.93. The van der Waals surface area contributed by atoms with E-state index in [1.165, 1.54) is 6.08 Å². The minimum absolute atomic E-state index is 0.0734. The molecule has 0 spiro atoms. The van der Waals surface area contributed by atoms with E-state index < -0.39 is 0 Å². The topological polar surface area (TPSA) is 42.0 Å². The highest BCUT2D eigenvalue weighted by Crippen LogP contribution is 2.07. The summed E-state index contributed by atoms with van der Waals surface area (Å²) >= 11 is 0. The third-order valence-corrected chi connectivity index (χ3v) is 2.46. The second kappa shape index (κ2) is 5.45. The molecule has 0 radical (unpaired) electrons. The Kier molecular flexibility index (Phi) is 4.23. The molecule has 1 heterocycles. The van der Waals surface area contributed by atoms with Crippen molar-refractivity contribution in [1.29, 1.82) is 0 Å². The molecule has 3 nitrogen and oxygen atoms in total. The van der Waals surface area contributed by atoms with Gasteiger partial charge < -0.3 is 5.32 Å². The highest BCUT2D eigenvalue weighted by atomic mass is 16.1. The van der Waals surface area contributed by atoms with Crippen LogP contribution in [-0.2, 0) is 4.79 Å². The molecule has 0 aliphatic rings. The lowest BCUT2D eigenvalue weighted by atomic mass is 10.0. The zero-order chi connectivity index (χ0) is 12.0. The van der Waals surface area contributed by atoms with Gasteiger partial charge in [-0.25, -0.2) is 0 Å². The summed E-state index contributed by atoms with van der Waals surface area (Å²) in [6.07, 6.45) is 7.62. The van der Waals surface area contributed by atoms with Crippen LogP contribution in [0.3, 0.4) is 0 Å². The van der Waals surface area contributed by atoms with E-state index in [0.29, 0.717) is 0 Å². The Morgan fingerprint density at radius 1 is 1.56 bits per heavy atom. The fourth-order valence-corrected chi connectivity index (χ4v) is 1.11. The predicted octanol–water partition coefficient (Wildman–Crippen LogP) is 2.40. The molecular weight excluding hydrogens is 200 g/mol. The number of nitrogens with zero attached hydrogens (tertiary/aromatic N) is 1. The summed E-state index contributed by atoms with van der Waals surface area (Å²) in [7, 11) is 0. The predicted molar refractivity (Wildman–Crippen MR) is 65.8 cm³/mol. The Morgan fingerprint density at radius 2 is 2.31 bits per heavy atom. The molecule has 0 saturated heterocycles. The minimum atomic E-state index is -0.156. The van der Waals surface area contributed by atoms with Crippen LogP contribution in [0.5, 0.6) is 0 Å². The quantitative estimate of drug-likeness (QED) is 0.788. The lowest BCUT2D eigenvalue weighted by molar-refractivity contribution is -0.117. The molecule has 0 bridgehead atoms. The van der Waals surface area contributed by atoms with E-state index in [-0.39, 0.29) is 11.4 Å². The van der Waals surface area contributed by atoms with Crippen LogP contribution in [0.2, 0.25) is 0 Å². The SMILES string of the molecule is CCC(C)(C)NC(=O)/C=C/c1cccnc1. The third kappa shape index (κ3) is 4.26. The number of hydrogen-bond donors (Lipinski definition) is 1. The van der Waals surface area contributed by atoms with E-state index in [0.717, 1.165) is 12.0 Å². The monoisotopic (exact) mass is 218 g/mol. The van der Waals surface area contributed by atoms with Crippen molar-refractivity contribution < 1.29 is 4.79 Å². The zero-order valence-corrected chi connectivity index (χ0v) is 10.0. The molecule has 0 unspecified atom stereocenters. The van der Waals surface area contributed by atoms with Gasteiger partial charge in [0.2, 0.25) is 5.91 Å². The van der Waals surface area contributed by atoms with Crippen molar-refractivity contribution in [3.8, 4) is 0 Å². The highest BCUT2D eigenvalue weighted by molar-refractivity contribution is 5.92. The number of carbonyl (C=O) groups is 1. The molecule has 0 aliphatic carbocycles. The molecule has 3 heteroatoms. The minimum Gasteiger partial charge on any atom is -0.348 e. The molecule has 1 amide bonds. The average molecular weight is 218 g/mol. The van der Waals surface area contributed by atoms with Gasteiger partial charge in [-0.3, -0.25) is 9.78 Å². The number of aromatic nitrogens is 1. The largest absolute Gasteiger partial charge is 0.348 e. The lowest BCUT2D eigenvalue weighted by Crippen LogP contribution is -2.41. The number of rotatable bonds is 4. The van der Waals surface area contributed by atoms with Gasteiger partial charge in [0.25, 0.3) is 0 Å². The molecule has 1 aromatic heterocycles. The zero-order valence-electron chi connectivity index (χ0n) is 10.0. The van der Waals surface area contributed by atoms with Gasteiger partial charge in [-0.05, 0) is 38.0 Å². The Morgan fingerprint density at radius 3 is 2.88 bits per heavy atom. The van der Waals surface area contributed by atoms with Crippen LogP contribution in [0.4, 0.5) is 0 Å². The van der Waals surface area contributed by atoms with E-state index in [2.05, 4.69) is 10.3 Å². The smallest absolute Gasteiger partial charge is 0.244 e. The maximum absolute atomic E-state index is 11.6. The Balaban J connectivity index is 2.56. The van der Waals surface area contributed by atoms with Crippen molar-refractivity contribution in [2.45, 2.75) is 32.7 Å². The van der Waals surface area contributed by atoms with E-state index >= 15 is 0 Å². The number of hydrogen-bond acceptors (Lipinski definition) is 2. The molecule has 1 rings (SSSR count). The number of pyridine rings is 1. The summed E-state index contributed by atoms with van der Waals surface area (Å²) in [5.74, 6) is -0.0734. The van der Waals surface area contributed by atoms with Crippen LogP contribution in [0.15, 0.2) is 30.6 Å². The molecule has 0 atom stereocenters. The normalized spacial score (nSPS) is 11.7. The first-order chi connectivity index (χ1) is 7.53. The van der Waals surface area contributed by atoms with Gasteiger partial charge in [-0.2, -0.15) is 0 Å². The summed E-state index contributed by atoms with van der Waals surface area (Å²) in [6, 6.07) is 3.75. The maximum Gasteiger partial charge on any atom is 0.244 e. The first-order valence-electron chi connectivity index (χ1n) is 5.44. The molecule has 86 valence electrons. The Bertz CT molecular complexity index is 369. The van der Waals surface area contributed by atoms with Gasteiger partial charge >= 0.3 is 0 Å². The molecule has 0 aliphatic heterocycles. The average Bonchev–Trinajstić information content (AvgIpc) is 2.27. The van der Waals surface area contributed by atoms with Crippen molar-refractivity contribution in [2.75, 3.05) is 0 Å². The van der Waals surface area contributed by atoms with Crippen molar-refractivity contribution in [2.24, 2.45) is 0 Å². The maximum atomic E-state index is 11.6. The van der Waals surface area contributed by atoms with Crippen LogP contribution in [0.25, 0.3) is 6.08 Å². The molecule has 0 aromatic carbocycles. The summed E-state index contributed by atoms with van der Waals surface area (Å²) in [4.78, 5) is 15.5. The van der Waals surface area contributed by atoms with Gasteiger partial charge in [0.15, 0.2) is 0 Å². The van der Waals surface area contributed by atoms with Crippen molar-refractivity contribution >= 4 is 12.0 Å². The van der Waals surface area contributed by atoms with E-state index in [9.17, 15) is 4.79 Å². The van der Waals surface area contributed by atoms with Crippen molar-refractivity contribution in [1.82, 2.24) is 10.3 Å². The van der Waals surface area contributed by atoms with E-state index in [1.807, 2.05) is 32.9 Å². The van der Waals surface area contributed by atoms with Crippen LogP contribution in [0, 0.1) is 0 Å². The summed E-state index contributed by atoms with van der Waals surface area (Å²) in [5.41, 5.74) is 0.767. The van der Waals surface area contributed by atoms with Crippen LogP contribution >= 0.6 is 0 Å².